The van der Waals surface area contributed by atoms with Gasteiger partial charge >= 0.3 is 0 Å². The van der Waals surface area contributed by atoms with E-state index in [0.29, 0.717) is 0 Å². The van der Waals surface area contributed by atoms with Crippen LogP contribution in [0.15, 0.2) is 24.3 Å². The largest absolute Gasteiger partial charge is 0.345 e. The zero-order chi connectivity index (χ0) is 9.47. The van der Waals surface area contributed by atoms with Crippen molar-refractivity contribution in [3.8, 4) is 0 Å². The van der Waals surface area contributed by atoms with Crippen molar-refractivity contribution in [3.63, 3.8) is 0 Å². The molecule has 0 aromatic rings. The fraction of sp³-hybridized carbons (Fsp3) is 0.400. The summed E-state index contributed by atoms with van der Waals surface area (Å²) in [5.74, 6) is -0.676. The number of carbonyl (C=O) groups is 2. The number of hydrogen-bond donors (Lipinski definition) is 1. The van der Waals surface area contributed by atoms with E-state index in [2.05, 4.69) is 5.32 Å². The summed E-state index contributed by atoms with van der Waals surface area (Å²) in [6, 6.07) is 0. The van der Waals surface area contributed by atoms with Gasteiger partial charge in [0.05, 0.1) is 5.54 Å². The maximum Gasteiger partial charge on any atom is 0.234 e. The van der Waals surface area contributed by atoms with E-state index in [0.717, 1.165) is 6.42 Å². The van der Waals surface area contributed by atoms with Crippen LogP contribution in [0.4, 0.5) is 0 Å². The molecule has 1 aliphatic heterocycles. The maximum absolute atomic E-state index is 11.2. The molecule has 1 amide bonds. The highest BCUT2D eigenvalue weighted by atomic mass is 16.2. The highest BCUT2D eigenvalue weighted by Gasteiger charge is 2.53. The predicted octanol–water partition coefficient (Wildman–Crippen LogP) is 0.576. The van der Waals surface area contributed by atoms with Gasteiger partial charge in [0.2, 0.25) is 5.91 Å². The van der Waals surface area contributed by atoms with Crippen molar-refractivity contribution in [2.75, 3.05) is 0 Å². The molecule has 13 heavy (non-hydrogen) atoms. The molecule has 0 aromatic heterocycles. The van der Waals surface area contributed by atoms with E-state index in [1.54, 1.807) is 0 Å². The fourth-order valence-corrected chi connectivity index (χ4v) is 2.02. The molecule has 2 rings (SSSR count). The van der Waals surface area contributed by atoms with Crippen LogP contribution in [0.5, 0.6) is 0 Å². The number of Topliss-reactive ketones (excluding diaryl/α,β-unsaturated/α-hetero) is 1. The van der Waals surface area contributed by atoms with Crippen LogP contribution in [0.25, 0.3) is 0 Å². The van der Waals surface area contributed by atoms with E-state index in [9.17, 15) is 9.59 Å². The first-order valence-corrected chi connectivity index (χ1v) is 4.32. The smallest absolute Gasteiger partial charge is 0.234 e. The summed E-state index contributed by atoms with van der Waals surface area (Å²) < 4.78 is 0. The van der Waals surface area contributed by atoms with Crippen molar-refractivity contribution in [1.82, 2.24) is 5.32 Å². The lowest BCUT2D eigenvalue weighted by Crippen LogP contribution is -2.70. The SMILES string of the molecule is CC(=O)C1C(=O)NC12C=CC=CC2. The maximum atomic E-state index is 11.2. The van der Waals surface area contributed by atoms with E-state index in [1.807, 2.05) is 24.3 Å². The van der Waals surface area contributed by atoms with Crippen molar-refractivity contribution < 1.29 is 9.59 Å². The molecule has 1 N–H and O–H groups in total. The van der Waals surface area contributed by atoms with Gasteiger partial charge in [-0.2, -0.15) is 0 Å². The summed E-state index contributed by atoms with van der Waals surface area (Å²) in [6.07, 6.45) is 8.39. The van der Waals surface area contributed by atoms with Crippen molar-refractivity contribution in [2.24, 2.45) is 5.92 Å². The standard InChI is InChI=1S/C10H11NO2/c1-7(12)8-9(13)11-10(8)5-3-2-4-6-10/h2-5,8H,6H2,1H3,(H,11,13). The zero-order valence-electron chi connectivity index (χ0n) is 7.41. The normalized spacial score (nSPS) is 35.8. The van der Waals surface area contributed by atoms with Gasteiger partial charge in [-0.05, 0) is 13.3 Å². The van der Waals surface area contributed by atoms with Gasteiger partial charge in [-0.3, -0.25) is 9.59 Å². The Kier molecular flexibility index (Phi) is 1.62. The van der Waals surface area contributed by atoms with Gasteiger partial charge in [0, 0.05) is 0 Å². The summed E-state index contributed by atoms with van der Waals surface area (Å²) in [6.45, 7) is 1.47. The first kappa shape index (κ1) is 8.23. The highest BCUT2D eigenvalue weighted by Crippen LogP contribution is 2.35. The van der Waals surface area contributed by atoms with Gasteiger partial charge in [0.25, 0.3) is 0 Å². The number of carbonyl (C=O) groups excluding carboxylic acids is 2. The Morgan fingerprint density at radius 2 is 2.38 bits per heavy atom. The van der Waals surface area contributed by atoms with Crippen molar-refractivity contribution in [3.05, 3.63) is 24.3 Å². The van der Waals surface area contributed by atoms with Crippen LogP contribution in [-0.2, 0) is 9.59 Å². The second kappa shape index (κ2) is 2.55. The minimum Gasteiger partial charge on any atom is -0.345 e. The Balaban J connectivity index is 2.26. The minimum absolute atomic E-state index is 0.0521. The summed E-state index contributed by atoms with van der Waals surface area (Å²) in [5.41, 5.74) is -0.405. The molecule has 1 spiro atoms. The molecule has 3 nitrogen and oxygen atoms in total. The summed E-state index contributed by atoms with van der Waals surface area (Å²) in [4.78, 5) is 22.3. The second-order valence-electron chi connectivity index (χ2n) is 3.56. The molecule has 0 bridgehead atoms. The van der Waals surface area contributed by atoms with Gasteiger partial charge in [-0.15, -0.1) is 0 Å². The molecule has 1 fully saturated rings. The zero-order valence-corrected chi connectivity index (χ0v) is 7.41. The molecular weight excluding hydrogens is 166 g/mol. The number of ketones is 1. The summed E-state index contributed by atoms with van der Waals surface area (Å²) in [5, 5.41) is 2.79. The summed E-state index contributed by atoms with van der Waals surface area (Å²) in [7, 11) is 0. The number of amides is 1. The Hall–Kier alpha value is -1.38. The van der Waals surface area contributed by atoms with Crippen LogP contribution in [0.3, 0.4) is 0 Å². The van der Waals surface area contributed by atoms with Crippen LogP contribution in [0.2, 0.25) is 0 Å². The van der Waals surface area contributed by atoms with E-state index < -0.39 is 11.5 Å². The third-order valence-electron chi connectivity index (χ3n) is 2.64. The molecule has 68 valence electrons. The van der Waals surface area contributed by atoms with Gasteiger partial charge < -0.3 is 5.32 Å². The Morgan fingerprint density at radius 3 is 2.85 bits per heavy atom. The topological polar surface area (TPSA) is 46.2 Å². The first-order valence-electron chi connectivity index (χ1n) is 4.32. The molecule has 1 heterocycles. The number of rotatable bonds is 1. The molecular formula is C10H11NO2. The molecule has 3 heteroatoms. The lowest BCUT2D eigenvalue weighted by Gasteiger charge is -2.46. The molecule has 0 aromatic carbocycles. The minimum atomic E-state index is -0.478. The molecule has 0 radical (unpaired) electrons. The molecule has 0 saturated carbocycles. The van der Waals surface area contributed by atoms with E-state index >= 15 is 0 Å². The van der Waals surface area contributed by atoms with Gasteiger partial charge in [-0.1, -0.05) is 24.3 Å². The Bertz CT molecular complexity index is 318. The molecule has 2 unspecified atom stereocenters. The second-order valence-corrected chi connectivity index (χ2v) is 3.56. The Labute approximate surface area is 76.5 Å². The van der Waals surface area contributed by atoms with E-state index in [1.165, 1.54) is 6.92 Å². The molecule has 2 aliphatic rings. The van der Waals surface area contributed by atoms with Gasteiger partial charge in [-0.25, -0.2) is 0 Å². The third-order valence-corrected chi connectivity index (χ3v) is 2.64. The van der Waals surface area contributed by atoms with Crippen LogP contribution >= 0.6 is 0 Å². The van der Waals surface area contributed by atoms with E-state index in [4.69, 9.17) is 0 Å². The fourth-order valence-electron chi connectivity index (χ4n) is 2.02. The molecule has 2 atom stereocenters. The van der Waals surface area contributed by atoms with Crippen molar-refractivity contribution >= 4 is 11.7 Å². The first-order chi connectivity index (χ1) is 6.16. The quantitative estimate of drug-likeness (QED) is 0.470. The number of allylic oxidation sites excluding steroid dienone is 2. The van der Waals surface area contributed by atoms with Crippen LogP contribution in [0, 0.1) is 5.92 Å². The van der Waals surface area contributed by atoms with Crippen LogP contribution < -0.4 is 5.32 Å². The average molecular weight is 177 g/mol. The number of hydrogen-bond acceptors (Lipinski definition) is 2. The third kappa shape index (κ3) is 1.03. The Morgan fingerprint density at radius 1 is 1.62 bits per heavy atom. The molecule has 1 saturated heterocycles. The average Bonchev–Trinajstić information content (AvgIpc) is 2.03. The van der Waals surface area contributed by atoms with Crippen LogP contribution in [0.1, 0.15) is 13.3 Å². The molecule has 1 aliphatic carbocycles. The van der Waals surface area contributed by atoms with E-state index in [-0.39, 0.29) is 11.7 Å². The monoisotopic (exact) mass is 177 g/mol. The lowest BCUT2D eigenvalue weighted by molar-refractivity contribution is -0.146. The highest BCUT2D eigenvalue weighted by molar-refractivity contribution is 6.07. The number of nitrogens with one attached hydrogen (secondary N) is 1. The summed E-state index contributed by atoms with van der Waals surface area (Å²) >= 11 is 0. The van der Waals surface area contributed by atoms with Crippen molar-refractivity contribution in [1.29, 1.82) is 0 Å². The predicted molar refractivity (Wildman–Crippen MR) is 47.9 cm³/mol. The lowest BCUT2D eigenvalue weighted by atomic mass is 9.70. The van der Waals surface area contributed by atoms with Gasteiger partial charge in [0.1, 0.15) is 11.7 Å². The van der Waals surface area contributed by atoms with Crippen LogP contribution in [-0.4, -0.2) is 17.2 Å². The van der Waals surface area contributed by atoms with Crippen molar-refractivity contribution in [2.45, 2.75) is 18.9 Å². The number of β-lactam (4-membered cyclic amide) rings is 1. The van der Waals surface area contributed by atoms with Gasteiger partial charge in [0.15, 0.2) is 0 Å².